The molecule has 1 saturated heterocycles. The molecule has 1 atom stereocenters. The second kappa shape index (κ2) is 5.40. The number of piperidine rings is 1. The third-order valence-corrected chi connectivity index (χ3v) is 4.34. The minimum absolute atomic E-state index is 0.172. The molecule has 0 bridgehead atoms. The maximum atomic E-state index is 12.6. The molecule has 4 nitrogen and oxygen atoms in total. The van der Waals surface area contributed by atoms with Crippen molar-refractivity contribution in [3.63, 3.8) is 0 Å². The van der Waals surface area contributed by atoms with Gasteiger partial charge >= 0.3 is 0 Å². The number of H-pyrrole nitrogens is 1. The number of likely N-dealkylation sites (tertiary alicyclic amines) is 1. The minimum Gasteiger partial charge on any atom is -0.341 e. The number of rotatable bonds is 2. The van der Waals surface area contributed by atoms with Crippen LogP contribution >= 0.6 is 12.2 Å². The zero-order valence-electron chi connectivity index (χ0n) is 11.6. The van der Waals surface area contributed by atoms with Gasteiger partial charge in [-0.25, -0.2) is 0 Å². The van der Waals surface area contributed by atoms with Gasteiger partial charge in [0.2, 0.25) is 5.91 Å². The summed E-state index contributed by atoms with van der Waals surface area (Å²) >= 11 is 5.39. The Morgan fingerprint density at radius 2 is 1.95 bits per heavy atom. The van der Waals surface area contributed by atoms with Gasteiger partial charge in [0.1, 0.15) is 6.04 Å². The maximum absolute atomic E-state index is 12.6. The van der Waals surface area contributed by atoms with E-state index in [0.717, 1.165) is 37.0 Å². The van der Waals surface area contributed by atoms with Gasteiger partial charge in [-0.05, 0) is 50.5 Å². The molecule has 0 aliphatic carbocycles. The molecule has 1 amide bonds. The third kappa shape index (κ3) is 2.26. The summed E-state index contributed by atoms with van der Waals surface area (Å²) in [6.07, 6.45) is 3.44. The normalized spacial score (nSPS) is 17.4. The lowest BCUT2D eigenvalue weighted by Crippen LogP contribution is -2.39. The number of carbonyl (C=O) groups is 1. The van der Waals surface area contributed by atoms with Crippen molar-refractivity contribution in [2.24, 2.45) is 0 Å². The highest BCUT2D eigenvalue weighted by molar-refractivity contribution is 7.71. The lowest BCUT2D eigenvalue weighted by atomic mass is 10.1. The summed E-state index contributed by atoms with van der Waals surface area (Å²) < 4.78 is 2.55. The van der Waals surface area contributed by atoms with Crippen molar-refractivity contribution >= 4 is 29.2 Å². The fourth-order valence-electron chi connectivity index (χ4n) is 2.95. The number of para-hydroxylation sites is 2. The van der Waals surface area contributed by atoms with Crippen molar-refractivity contribution in [1.29, 1.82) is 0 Å². The van der Waals surface area contributed by atoms with Gasteiger partial charge in [0, 0.05) is 13.1 Å². The smallest absolute Gasteiger partial charge is 0.245 e. The molecule has 2 heterocycles. The standard InChI is InChI=1S/C15H19N3OS/c1-11(14(19)17-9-5-2-6-10-17)18-13-8-4-3-7-12(13)16-15(18)20/h3-4,7-8,11H,2,5-6,9-10H2,1H3,(H,16,20). The first-order chi connectivity index (χ1) is 9.68. The molecule has 5 heteroatoms. The minimum atomic E-state index is -0.253. The fourth-order valence-corrected chi connectivity index (χ4v) is 3.31. The van der Waals surface area contributed by atoms with Crippen molar-refractivity contribution in [3.05, 3.63) is 29.0 Å². The Balaban J connectivity index is 1.95. The van der Waals surface area contributed by atoms with Crippen LogP contribution < -0.4 is 0 Å². The molecule has 2 aromatic rings. The summed E-state index contributed by atoms with van der Waals surface area (Å²) in [4.78, 5) is 17.8. The van der Waals surface area contributed by atoms with Crippen LogP contribution in [0.4, 0.5) is 0 Å². The number of fused-ring (bicyclic) bond motifs is 1. The number of aromatic nitrogens is 2. The van der Waals surface area contributed by atoms with Crippen LogP contribution in [0.5, 0.6) is 0 Å². The molecule has 1 aromatic carbocycles. The van der Waals surface area contributed by atoms with E-state index < -0.39 is 0 Å². The molecule has 20 heavy (non-hydrogen) atoms. The molecule has 0 saturated carbocycles. The Hall–Kier alpha value is -1.62. The first-order valence-electron chi connectivity index (χ1n) is 7.16. The molecule has 0 radical (unpaired) electrons. The largest absolute Gasteiger partial charge is 0.341 e. The van der Waals surface area contributed by atoms with Crippen molar-refractivity contribution in [3.8, 4) is 0 Å². The summed E-state index contributed by atoms with van der Waals surface area (Å²) in [7, 11) is 0. The molecule has 3 rings (SSSR count). The quantitative estimate of drug-likeness (QED) is 0.862. The van der Waals surface area contributed by atoms with E-state index >= 15 is 0 Å². The zero-order chi connectivity index (χ0) is 14.1. The molecule has 1 aliphatic rings. The highest BCUT2D eigenvalue weighted by atomic mass is 32.1. The molecule has 106 valence electrons. The highest BCUT2D eigenvalue weighted by Gasteiger charge is 2.24. The topological polar surface area (TPSA) is 41.0 Å². The van der Waals surface area contributed by atoms with Crippen molar-refractivity contribution in [2.45, 2.75) is 32.2 Å². The van der Waals surface area contributed by atoms with E-state index in [0.29, 0.717) is 4.77 Å². The fraction of sp³-hybridized carbons (Fsp3) is 0.467. The predicted octanol–water partition coefficient (Wildman–Crippen LogP) is 3.27. The maximum Gasteiger partial charge on any atom is 0.245 e. The number of benzene rings is 1. The Kier molecular flexibility index (Phi) is 3.61. The second-order valence-electron chi connectivity index (χ2n) is 5.38. The van der Waals surface area contributed by atoms with Crippen molar-refractivity contribution in [1.82, 2.24) is 14.5 Å². The summed E-state index contributed by atoms with van der Waals surface area (Å²) in [6.45, 7) is 3.69. The van der Waals surface area contributed by atoms with E-state index in [1.165, 1.54) is 6.42 Å². The van der Waals surface area contributed by atoms with E-state index in [9.17, 15) is 4.79 Å². The summed E-state index contributed by atoms with van der Waals surface area (Å²) in [5.74, 6) is 0.172. The average molecular weight is 289 g/mol. The van der Waals surface area contributed by atoms with Crippen LogP contribution in [0.15, 0.2) is 24.3 Å². The molecule has 1 fully saturated rings. The molecular formula is C15H19N3OS. The number of amides is 1. The SMILES string of the molecule is CC(C(=O)N1CCCCC1)n1c(=S)[nH]c2ccccc21. The van der Waals surface area contributed by atoms with E-state index in [-0.39, 0.29) is 11.9 Å². The van der Waals surface area contributed by atoms with Gasteiger partial charge in [0.15, 0.2) is 4.77 Å². The van der Waals surface area contributed by atoms with Gasteiger partial charge in [-0.3, -0.25) is 4.79 Å². The Labute approximate surface area is 123 Å². The van der Waals surface area contributed by atoms with Crippen LogP contribution in [0.2, 0.25) is 0 Å². The van der Waals surface area contributed by atoms with Crippen LogP contribution in [0.25, 0.3) is 11.0 Å². The second-order valence-corrected chi connectivity index (χ2v) is 5.77. The summed E-state index contributed by atoms with van der Waals surface area (Å²) in [5.41, 5.74) is 1.98. The lowest BCUT2D eigenvalue weighted by Gasteiger charge is -2.29. The summed E-state index contributed by atoms with van der Waals surface area (Å²) in [6, 6.07) is 7.67. The number of imidazole rings is 1. The van der Waals surface area contributed by atoms with Gasteiger partial charge in [-0.1, -0.05) is 12.1 Å². The van der Waals surface area contributed by atoms with Gasteiger partial charge in [-0.2, -0.15) is 0 Å². The average Bonchev–Trinajstić information content (AvgIpc) is 2.82. The molecular weight excluding hydrogens is 270 g/mol. The lowest BCUT2D eigenvalue weighted by molar-refractivity contribution is -0.135. The van der Waals surface area contributed by atoms with Crippen molar-refractivity contribution in [2.75, 3.05) is 13.1 Å². The predicted molar refractivity (Wildman–Crippen MR) is 82.3 cm³/mol. The van der Waals surface area contributed by atoms with Gasteiger partial charge in [0.25, 0.3) is 0 Å². The first-order valence-corrected chi connectivity index (χ1v) is 7.57. The van der Waals surface area contributed by atoms with Gasteiger partial charge in [0.05, 0.1) is 11.0 Å². The number of nitrogens with one attached hydrogen (secondary N) is 1. The van der Waals surface area contributed by atoms with Crippen molar-refractivity contribution < 1.29 is 4.79 Å². The molecule has 1 aromatic heterocycles. The van der Waals surface area contributed by atoms with Crippen LogP contribution in [0, 0.1) is 4.77 Å². The highest BCUT2D eigenvalue weighted by Crippen LogP contribution is 2.22. The first kappa shape index (κ1) is 13.4. The van der Waals surface area contributed by atoms with E-state index in [4.69, 9.17) is 12.2 Å². The van der Waals surface area contributed by atoms with Gasteiger partial charge < -0.3 is 14.5 Å². The number of carbonyl (C=O) groups excluding carboxylic acids is 1. The van der Waals surface area contributed by atoms with Crippen LogP contribution in [0.3, 0.4) is 0 Å². The molecule has 1 aliphatic heterocycles. The Morgan fingerprint density at radius 1 is 1.25 bits per heavy atom. The Bertz CT molecular complexity index is 682. The third-order valence-electron chi connectivity index (χ3n) is 4.04. The zero-order valence-corrected chi connectivity index (χ0v) is 12.4. The number of hydrogen-bond acceptors (Lipinski definition) is 2. The van der Waals surface area contributed by atoms with Crippen LogP contribution in [-0.2, 0) is 4.79 Å². The number of hydrogen-bond donors (Lipinski definition) is 1. The summed E-state index contributed by atoms with van der Waals surface area (Å²) in [5, 5.41) is 0. The Morgan fingerprint density at radius 3 is 2.70 bits per heavy atom. The molecule has 0 spiro atoms. The van der Waals surface area contributed by atoms with Crippen LogP contribution in [-0.4, -0.2) is 33.4 Å². The van der Waals surface area contributed by atoms with E-state index in [2.05, 4.69) is 4.98 Å². The number of aromatic amines is 1. The molecule has 1 unspecified atom stereocenters. The molecule has 1 N–H and O–H groups in total. The number of nitrogens with zero attached hydrogens (tertiary/aromatic N) is 2. The van der Waals surface area contributed by atoms with E-state index in [1.54, 1.807) is 0 Å². The van der Waals surface area contributed by atoms with Crippen LogP contribution in [0.1, 0.15) is 32.2 Å². The van der Waals surface area contributed by atoms with Gasteiger partial charge in [-0.15, -0.1) is 0 Å². The van der Waals surface area contributed by atoms with E-state index in [1.807, 2.05) is 40.7 Å². The monoisotopic (exact) mass is 289 g/mol.